The van der Waals surface area contributed by atoms with Gasteiger partial charge in [-0.25, -0.2) is 4.79 Å². The second kappa shape index (κ2) is 6.81. The van der Waals surface area contributed by atoms with Gasteiger partial charge in [0.15, 0.2) is 5.78 Å². The van der Waals surface area contributed by atoms with E-state index in [2.05, 4.69) is 0 Å². The zero-order valence-corrected chi connectivity index (χ0v) is 13.4. The van der Waals surface area contributed by atoms with Gasteiger partial charge in [0.1, 0.15) is 5.60 Å². The first kappa shape index (κ1) is 16.3. The van der Waals surface area contributed by atoms with Crippen LogP contribution in [0.4, 0.5) is 4.79 Å². The molecule has 1 aliphatic rings. The van der Waals surface area contributed by atoms with Crippen molar-refractivity contribution in [2.75, 3.05) is 13.1 Å². The summed E-state index contributed by atoms with van der Waals surface area (Å²) >= 11 is 0. The van der Waals surface area contributed by atoms with Gasteiger partial charge in [0.2, 0.25) is 0 Å². The van der Waals surface area contributed by atoms with Crippen LogP contribution in [-0.2, 0) is 9.53 Å². The van der Waals surface area contributed by atoms with Gasteiger partial charge in [-0.05, 0) is 51.8 Å². The Morgan fingerprint density at radius 3 is 2.55 bits per heavy atom. The van der Waals surface area contributed by atoms with Crippen molar-refractivity contribution in [2.45, 2.75) is 39.2 Å². The highest BCUT2D eigenvalue weighted by Crippen LogP contribution is 2.21. The average Bonchev–Trinajstić information content (AvgIpc) is 2.96. The minimum absolute atomic E-state index is 0.0261. The average molecular weight is 305 g/mol. The number of carbonyl (C=O) groups is 2. The number of allylic oxidation sites excluding steroid dienone is 1. The number of hydrogen-bond donors (Lipinski definition) is 0. The highest BCUT2D eigenvalue weighted by Gasteiger charge is 2.28. The van der Waals surface area contributed by atoms with Crippen molar-refractivity contribution in [1.82, 2.24) is 4.90 Å². The van der Waals surface area contributed by atoms with E-state index in [9.17, 15) is 9.59 Å². The van der Waals surface area contributed by atoms with Gasteiger partial charge in [-0.3, -0.25) is 4.79 Å². The number of carbonyl (C=O) groups excluding carboxylic acids is 2. The molecular weight excluding hydrogens is 282 g/mol. The van der Waals surface area contributed by atoms with Crippen molar-refractivity contribution >= 4 is 18.0 Å². The van der Waals surface area contributed by atoms with Gasteiger partial charge in [0, 0.05) is 24.6 Å². The summed E-state index contributed by atoms with van der Waals surface area (Å²) in [5, 5.41) is 0. The summed E-state index contributed by atoms with van der Waals surface area (Å²) in [5.41, 5.74) is 0.386. The summed E-state index contributed by atoms with van der Waals surface area (Å²) in [4.78, 5) is 25.8. The Kier molecular flexibility index (Phi) is 5.06. The van der Waals surface area contributed by atoms with Crippen LogP contribution in [0.15, 0.2) is 29.1 Å². The van der Waals surface area contributed by atoms with Crippen LogP contribution in [0.3, 0.4) is 0 Å². The number of amides is 1. The van der Waals surface area contributed by atoms with Crippen LogP contribution >= 0.6 is 0 Å². The van der Waals surface area contributed by atoms with Gasteiger partial charge < -0.3 is 14.1 Å². The summed E-state index contributed by atoms with van der Waals surface area (Å²) < 4.78 is 10.3. The summed E-state index contributed by atoms with van der Waals surface area (Å²) in [6, 6.07) is 1.80. The Morgan fingerprint density at radius 1 is 1.32 bits per heavy atom. The summed E-state index contributed by atoms with van der Waals surface area (Å²) in [6.07, 6.45) is 7.57. The minimum Gasteiger partial charge on any atom is -0.472 e. The maximum absolute atomic E-state index is 12.1. The third kappa shape index (κ3) is 4.76. The topological polar surface area (TPSA) is 59.8 Å². The highest BCUT2D eigenvalue weighted by atomic mass is 16.6. The predicted octanol–water partition coefficient (Wildman–Crippen LogP) is 3.51. The third-order valence-electron chi connectivity index (χ3n) is 3.53. The van der Waals surface area contributed by atoms with E-state index in [1.807, 2.05) is 20.8 Å². The molecule has 0 bridgehead atoms. The van der Waals surface area contributed by atoms with E-state index in [4.69, 9.17) is 9.15 Å². The smallest absolute Gasteiger partial charge is 0.410 e. The van der Waals surface area contributed by atoms with Crippen LogP contribution in [0.25, 0.3) is 6.08 Å². The molecule has 0 atom stereocenters. The van der Waals surface area contributed by atoms with Crippen molar-refractivity contribution in [3.63, 3.8) is 0 Å². The molecule has 5 nitrogen and oxygen atoms in total. The first-order valence-corrected chi connectivity index (χ1v) is 7.57. The van der Waals surface area contributed by atoms with E-state index in [-0.39, 0.29) is 17.8 Å². The molecule has 120 valence electrons. The lowest BCUT2D eigenvalue weighted by Crippen LogP contribution is -2.42. The summed E-state index contributed by atoms with van der Waals surface area (Å²) in [7, 11) is 0. The molecule has 1 saturated heterocycles. The van der Waals surface area contributed by atoms with Gasteiger partial charge in [-0.2, -0.15) is 0 Å². The molecule has 1 aliphatic heterocycles. The van der Waals surface area contributed by atoms with Crippen LogP contribution in [0, 0.1) is 5.92 Å². The molecular formula is C17H23NO4. The van der Waals surface area contributed by atoms with E-state index in [1.165, 1.54) is 0 Å². The molecule has 1 fully saturated rings. The molecule has 0 N–H and O–H groups in total. The quantitative estimate of drug-likeness (QED) is 0.802. The largest absolute Gasteiger partial charge is 0.472 e. The second-order valence-electron chi connectivity index (χ2n) is 6.53. The number of likely N-dealkylation sites (tertiary alicyclic amines) is 1. The lowest BCUT2D eigenvalue weighted by molar-refractivity contribution is -0.119. The Labute approximate surface area is 130 Å². The van der Waals surface area contributed by atoms with Crippen molar-refractivity contribution in [3.8, 4) is 0 Å². The molecule has 2 rings (SSSR count). The predicted molar refractivity (Wildman–Crippen MR) is 83.3 cm³/mol. The molecule has 5 heteroatoms. The van der Waals surface area contributed by atoms with E-state index in [0.717, 1.165) is 5.56 Å². The van der Waals surface area contributed by atoms with Crippen molar-refractivity contribution in [3.05, 3.63) is 30.2 Å². The molecule has 22 heavy (non-hydrogen) atoms. The van der Waals surface area contributed by atoms with Crippen molar-refractivity contribution < 1.29 is 18.7 Å². The maximum Gasteiger partial charge on any atom is 0.410 e. The molecule has 2 heterocycles. The van der Waals surface area contributed by atoms with Crippen molar-refractivity contribution in [2.24, 2.45) is 5.92 Å². The maximum atomic E-state index is 12.1. The van der Waals surface area contributed by atoms with E-state index in [0.29, 0.717) is 25.9 Å². The summed E-state index contributed by atoms with van der Waals surface area (Å²) in [5.74, 6) is 0.0758. The Morgan fingerprint density at radius 2 is 2.00 bits per heavy atom. The SMILES string of the molecule is CC(C)(C)OC(=O)N1CCC(C(=O)/C=C/c2ccoc2)CC1. The second-order valence-corrected chi connectivity index (χ2v) is 6.53. The first-order chi connectivity index (χ1) is 10.3. The number of piperidine rings is 1. The van der Waals surface area contributed by atoms with Crippen LogP contribution in [0.1, 0.15) is 39.2 Å². The molecule has 0 aliphatic carbocycles. The number of ether oxygens (including phenoxy) is 1. The van der Waals surface area contributed by atoms with Crippen LogP contribution in [0.5, 0.6) is 0 Å². The standard InChI is InChI=1S/C17H23NO4/c1-17(2,3)22-16(20)18-9-6-14(7-10-18)15(19)5-4-13-8-11-21-12-13/h4-5,8,11-12,14H,6-7,9-10H2,1-3H3/b5-4+. The normalized spacial score (nSPS) is 17.0. The number of ketones is 1. The fourth-order valence-corrected chi connectivity index (χ4v) is 2.36. The zero-order valence-electron chi connectivity index (χ0n) is 13.4. The molecule has 0 saturated carbocycles. The lowest BCUT2D eigenvalue weighted by Gasteiger charge is -2.32. The first-order valence-electron chi connectivity index (χ1n) is 7.57. The fourth-order valence-electron chi connectivity index (χ4n) is 2.36. The number of rotatable bonds is 3. The Balaban J connectivity index is 1.81. The Bertz CT molecular complexity index is 532. The Hall–Kier alpha value is -2.04. The minimum atomic E-state index is -0.489. The van der Waals surface area contributed by atoms with Gasteiger partial charge in [0.25, 0.3) is 0 Å². The van der Waals surface area contributed by atoms with E-state index >= 15 is 0 Å². The molecule has 0 spiro atoms. The lowest BCUT2D eigenvalue weighted by atomic mass is 9.92. The third-order valence-corrected chi connectivity index (χ3v) is 3.53. The van der Waals surface area contributed by atoms with Gasteiger partial charge in [-0.15, -0.1) is 0 Å². The molecule has 0 aromatic carbocycles. The molecule has 1 aromatic rings. The number of furan rings is 1. The van der Waals surface area contributed by atoms with E-state index < -0.39 is 5.60 Å². The number of nitrogens with zero attached hydrogens (tertiary/aromatic N) is 1. The molecule has 0 unspecified atom stereocenters. The van der Waals surface area contributed by atoms with Crippen molar-refractivity contribution in [1.29, 1.82) is 0 Å². The number of hydrogen-bond acceptors (Lipinski definition) is 4. The van der Waals surface area contributed by atoms with E-state index in [1.54, 1.807) is 35.6 Å². The van der Waals surface area contributed by atoms with Crippen LogP contribution in [0.2, 0.25) is 0 Å². The highest BCUT2D eigenvalue weighted by molar-refractivity contribution is 5.95. The van der Waals surface area contributed by atoms with Gasteiger partial charge in [0.05, 0.1) is 12.5 Å². The fraction of sp³-hybridized carbons (Fsp3) is 0.529. The zero-order chi connectivity index (χ0) is 16.2. The monoisotopic (exact) mass is 305 g/mol. The van der Waals surface area contributed by atoms with Gasteiger partial charge in [-0.1, -0.05) is 0 Å². The van der Waals surface area contributed by atoms with Crippen LogP contribution in [-0.4, -0.2) is 35.5 Å². The summed E-state index contributed by atoms with van der Waals surface area (Å²) in [6.45, 7) is 6.67. The molecule has 1 amide bonds. The molecule has 1 aromatic heterocycles. The van der Waals surface area contributed by atoms with Crippen LogP contribution < -0.4 is 0 Å². The molecule has 0 radical (unpaired) electrons. The van der Waals surface area contributed by atoms with Gasteiger partial charge >= 0.3 is 6.09 Å².